The van der Waals surface area contributed by atoms with Gasteiger partial charge in [0.05, 0.1) is 11.5 Å². The summed E-state index contributed by atoms with van der Waals surface area (Å²) >= 11 is 0. The number of carbonyl (C=O) groups excluding carboxylic acids is 1. The highest BCUT2D eigenvalue weighted by Gasteiger charge is 2.60. The van der Waals surface area contributed by atoms with Crippen LogP contribution in [0.1, 0.15) is 27.7 Å². The molecule has 0 aromatic heterocycles. The summed E-state index contributed by atoms with van der Waals surface area (Å²) < 4.78 is 58.0. The van der Waals surface area contributed by atoms with Crippen LogP contribution >= 0.6 is 0 Å². The SMILES string of the molecule is CC1(C)O[C@@H]2O[C@H](COCC(=O)Nc3ccc(S(N)(=O)=O)cc3)[C@@H]3OC(C)(C)O[C@H]3[C@@H]2O1. The lowest BCUT2D eigenvalue weighted by Gasteiger charge is -2.37. The molecule has 3 aliphatic heterocycles. The van der Waals surface area contributed by atoms with Crippen molar-refractivity contribution in [2.75, 3.05) is 18.5 Å². The highest BCUT2D eigenvalue weighted by atomic mass is 32.2. The molecule has 3 aliphatic rings. The van der Waals surface area contributed by atoms with Gasteiger partial charge in [-0.1, -0.05) is 0 Å². The highest BCUT2D eigenvalue weighted by molar-refractivity contribution is 7.89. The maximum absolute atomic E-state index is 12.2. The summed E-state index contributed by atoms with van der Waals surface area (Å²) in [5.74, 6) is -2.04. The lowest BCUT2D eigenvalue weighted by atomic mass is 9.99. The Kier molecular flexibility index (Phi) is 6.09. The van der Waals surface area contributed by atoms with E-state index in [0.717, 1.165) is 0 Å². The second kappa shape index (κ2) is 8.29. The molecule has 178 valence electrons. The quantitative estimate of drug-likeness (QED) is 0.611. The zero-order valence-electron chi connectivity index (χ0n) is 18.3. The Labute approximate surface area is 186 Å². The first-order valence-electron chi connectivity index (χ1n) is 10.2. The van der Waals surface area contributed by atoms with E-state index >= 15 is 0 Å². The maximum atomic E-state index is 12.2. The molecule has 1 aromatic rings. The first-order valence-corrected chi connectivity index (χ1v) is 11.7. The zero-order valence-corrected chi connectivity index (χ0v) is 19.1. The van der Waals surface area contributed by atoms with E-state index < -0.39 is 58.2 Å². The molecule has 3 fully saturated rings. The van der Waals surface area contributed by atoms with Crippen LogP contribution in [-0.2, 0) is 43.2 Å². The second-order valence-electron chi connectivity index (χ2n) is 8.84. The summed E-state index contributed by atoms with van der Waals surface area (Å²) in [5.41, 5.74) is 0.413. The van der Waals surface area contributed by atoms with Crippen molar-refractivity contribution in [3.8, 4) is 0 Å². The summed E-state index contributed by atoms with van der Waals surface area (Å²) in [4.78, 5) is 12.2. The fourth-order valence-corrected chi connectivity index (χ4v) is 4.54. The van der Waals surface area contributed by atoms with Crippen LogP contribution in [0.2, 0.25) is 0 Å². The molecular weight excluding hydrogens is 444 g/mol. The molecule has 12 heteroatoms. The fourth-order valence-electron chi connectivity index (χ4n) is 4.02. The normalized spacial score (nSPS) is 32.8. The minimum Gasteiger partial charge on any atom is -0.369 e. The molecule has 0 unspecified atom stereocenters. The molecule has 0 aliphatic carbocycles. The summed E-state index contributed by atoms with van der Waals surface area (Å²) in [6.07, 6.45) is -2.44. The third-order valence-corrected chi connectivity index (χ3v) is 6.16. The van der Waals surface area contributed by atoms with E-state index in [1.807, 2.05) is 13.8 Å². The number of rotatable bonds is 6. The van der Waals surface area contributed by atoms with E-state index in [1.165, 1.54) is 24.3 Å². The number of fused-ring (bicyclic) bond motifs is 3. The number of hydrogen-bond donors (Lipinski definition) is 2. The summed E-state index contributed by atoms with van der Waals surface area (Å²) in [6.45, 7) is 7.06. The first-order chi connectivity index (χ1) is 14.8. The monoisotopic (exact) mass is 472 g/mol. The predicted molar refractivity (Wildman–Crippen MR) is 110 cm³/mol. The van der Waals surface area contributed by atoms with Gasteiger partial charge in [0.2, 0.25) is 15.9 Å². The van der Waals surface area contributed by atoms with Crippen LogP contribution in [0.15, 0.2) is 29.2 Å². The summed E-state index contributed by atoms with van der Waals surface area (Å²) in [7, 11) is -3.80. The van der Waals surface area contributed by atoms with Gasteiger partial charge in [0.1, 0.15) is 31.0 Å². The van der Waals surface area contributed by atoms with Crippen LogP contribution < -0.4 is 10.5 Å². The van der Waals surface area contributed by atoms with Gasteiger partial charge in [-0.2, -0.15) is 0 Å². The largest absolute Gasteiger partial charge is 0.369 e. The van der Waals surface area contributed by atoms with Crippen molar-refractivity contribution in [2.45, 2.75) is 74.9 Å². The molecule has 3 N–H and O–H groups in total. The number of nitrogens with one attached hydrogen (secondary N) is 1. The number of benzene rings is 1. The van der Waals surface area contributed by atoms with Crippen molar-refractivity contribution in [1.29, 1.82) is 0 Å². The van der Waals surface area contributed by atoms with E-state index in [4.69, 9.17) is 33.6 Å². The second-order valence-corrected chi connectivity index (χ2v) is 10.4. The van der Waals surface area contributed by atoms with E-state index in [2.05, 4.69) is 5.32 Å². The van der Waals surface area contributed by atoms with E-state index in [9.17, 15) is 13.2 Å². The minimum atomic E-state index is -3.80. The molecule has 0 radical (unpaired) electrons. The van der Waals surface area contributed by atoms with Gasteiger partial charge in [-0.3, -0.25) is 4.79 Å². The van der Waals surface area contributed by atoms with Gasteiger partial charge < -0.3 is 33.7 Å². The van der Waals surface area contributed by atoms with Crippen molar-refractivity contribution in [3.63, 3.8) is 0 Å². The Morgan fingerprint density at radius 3 is 2.25 bits per heavy atom. The summed E-state index contributed by atoms with van der Waals surface area (Å²) in [6, 6.07) is 5.50. The molecule has 32 heavy (non-hydrogen) atoms. The lowest BCUT2D eigenvalue weighted by Crippen LogP contribution is -2.56. The number of anilines is 1. The first kappa shape index (κ1) is 23.5. The predicted octanol–water partition coefficient (Wildman–Crippen LogP) is 0.686. The highest BCUT2D eigenvalue weighted by Crippen LogP contribution is 2.44. The number of ether oxygens (including phenoxy) is 6. The van der Waals surface area contributed by atoms with E-state index in [-0.39, 0.29) is 18.1 Å². The maximum Gasteiger partial charge on any atom is 0.250 e. The fraction of sp³-hybridized carbons (Fsp3) is 0.650. The van der Waals surface area contributed by atoms with Crippen LogP contribution in [-0.4, -0.2) is 69.8 Å². The number of amides is 1. The molecule has 3 saturated heterocycles. The molecule has 5 atom stereocenters. The van der Waals surface area contributed by atoms with Crippen LogP contribution in [0.5, 0.6) is 0 Å². The third kappa shape index (κ3) is 5.13. The van der Waals surface area contributed by atoms with E-state index in [0.29, 0.717) is 5.69 Å². The Bertz CT molecular complexity index is 964. The number of hydrogen-bond acceptors (Lipinski definition) is 9. The molecule has 4 rings (SSSR count). The summed E-state index contributed by atoms with van der Waals surface area (Å²) in [5, 5.41) is 7.69. The zero-order chi connectivity index (χ0) is 23.3. The average molecular weight is 473 g/mol. The molecule has 3 heterocycles. The van der Waals surface area contributed by atoms with Gasteiger partial charge in [-0.25, -0.2) is 13.6 Å². The van der Waals surface area contributed by atoms with E-state index in [1.54, 1.807) is 13.8 Å². The molecule has 1 aromatic carbocycles. The number of primary sulfonamides is 1. The molecule has 0 saturated carbocycles. The van der Waals surface area contributed by atoms with Crippen LogP contribution in [0.25, 0.3) is 0 Å². The smallest absolute Gasteiger partial charge is 0.250 e. The van der Waals surface area contributed by atoms with Gasteiger partial charge in [-0.15, -0.1) is 0 Å². The van der Waals surface area contributed by atoms with Crippen molar-refractivity contribution >= 4 is 21.6 Å². The number of nitrogens with two attached hydrogens (primary N) is 1. The lowest BCUT2D eigenvalue weighted by molar-refractivity contribution is -0.242. The Balaban J connectivity index is 1.32. The third-order valence-electron chi connectivity index (χ3n) is 5.23. The number of sulfonamides is 1. The molecule has 0 spiro atoms. The Morgan fingerprint density at radius 1 is 1.00 bits per heavy atom. The topological polar surface area (TPSA) is 145 Å². The Hall–Kier alpha value is -1.64. The van der Waals surface area contributed by atoms with Crippen molar-refractivity contribution in [3.05, 3.63) is 24.3 Å². The van der Waals surface area contributed by atoms with Crippen molar-refractivity contribution in [2.24, 2.45) is 5.14 Å². The van der Waals surface area contributed by atoms with Crippen LogP contribution in [0.3, 0.4) is 0 Å². The standard InChI is InChI=1S/C20H28N2O9S/c1-19(2)28-15-13(27-18-17(16(15)29-19)30-20(3,4)31-18)9-26-10-14(23)22-11-5-7-12(8-6-11)32(21,24)25/h5-8,13,15-18H,9-10H2,1-4H3,(H,22,23)(H2,21,24,25)/t13-,15+,16-,17+,18+/m1/s1. The minimum absolute atomic E-state index is 0.0444. The van der Waals surface area contributed by atoms with Crippen molar-refractivity contribution in [1.82, 2.24) is 0 Å². The molecule has 11 nitrogen and oxygen atoms in total. The van der Waals surface area contributed by atoms with Gasteiger partial charge in [0.15, 0.2) is 17.9 Å². The molecule has 0 bridgehead atoms. The van der Waals surface area contributed by atoms with Gasteiger partial charge in [-0.05, 0) is 52.0 Å². The van der Waals surface area contributed by atoms with Crippen LogP contribution in [0.4, 0.5) is 5.69 Å². The van der Waals surface area contributed by atoms with Gasteiger partial charge in [0, 0.05) is 5.69 Å². The van der Waals surface area contributed by atoms with Crippen molar-refractivity contribution < 1.29 is 41.6 Å². The van der Waals surface area contributed by atoms with Gasteiger partial charge in [0.25, 0.3) is 0 Å². The molecule has 1 amide bonds. The molecular formula is C20H28N2O9S. The van der Waals surface area contributed by atoms with Gasteiger partial charge >= 0.3 is 0 Å². The number of carbonyl (C=O) groups is 1. The van der Waals surface area contributed by atoms with Crippen LogP contribution in [0, 0.1) is 0 Å². The average Bonchev–Trinajstić information content (AvgIpc) is 3.15. The Morgan fingerprint density at radius 2 is 1.59 bits per heavy atom.